The molecule has 0 aliphatic carbocycles. The SMILES string of the molecule is C[C@H](NC[C@H](O)c1ccncc1)c1ccc(S(C)(=O)=O)c(F)c1. The largest absolute Gasteiger partial charge is 0.387 e. The molecule has 5 nitrogen and oxygen atoms in total. The molecule has 0 bridgehead atoms. The van der Waals surface area contributed by atoms with Crippen LogP contribution < -0.4 is 5.32 Å². The van der Waals surface area contributed by atoms with Gasteiger partial charge in [0, 0.05) is 31.2 Å². The van der Waals surface area contributed by atoms with E-state index in [0.717, 1.165) is 11.8 Å². The van der Waals surface area contributed by atoms with Crippen molar-refractivity contribution in [2.24, 2.45) is 0 Å². The quantitative estimate of drug-likeness (QED) is 0.842. The molecule has 0 aliphatic heterocycles. The summed E-state index contributed by atoms with van der Waals surface area (Å²) in [6, 6.07) is 7.23. The lowest BCUT2D eigenvalue weighted by Gasteiger charge is -2.18. The Morgan fingerprint density at radius 1 is 1.22 bits per heavy atom. The Hall–Kier alpha value is -1.83. The first-order chi connectivity index (χ1) is 10.8. The molecule has 0 fully saturated rings. The van der Waals surface area contributed by atoms with Crippen LogP contribution in [0.15, 0.2) is 47.6 Å². The molecule has 2 aromatic rings. The summed E-state index contributed by atoms with van der Waals surface area (Å²) in [6.07, 6.45) is 3.46. The third-order valence-electron chi connectivity index (χ3n) is 3.56. The number of nitrogens with one attached hydrogen (secondary N) is 1. The Morgan fingerprint density at radius 3 is 2.43 bits per heavy atom. The van der Waals surface area contributed by atoms with Crippen LogP contribution in [0.3, 0.4) is 0 Å². The van der Waals surface area contributed by atoms with Gasteiger partial charge in [0.05, 0.1) is 6.10 Å². The second-order valence-electron chi connectivity index (χ2n) is 5.39. The maximum atomic E-state index is 13.9. The van der Waals surface area contributed by atoms with Gasteiger partial charge in [-0.15, -0.1) is 0 Å². The van der Waals surface area contributed by atoms with Crippen molar-refractivity contribution in [2.75, 3.05) is 12.8 Å². The van der Waals surface area contributed by atoms with Crippen LogP contribution in [0, 0.1) is 5.82 Å². The van der Waals surface area contributed by atoms with E-state index in [1.165, 1.54) is 12.1 Å². The summed E-state index contributed by atoms with van der Waals surface area (Å²) >= 11 is 0. The zero-order valence-electron chi connectivity index (χ0n) is 12.9. The molecule has 2 N–H and O–H groups in total. The highest BCUT2D eigenvalue weighted by molar-refractivity contribution is 7.90. The zero-order chi connectivity index (χ0) is 17.0. The molecule has 0 radical (unpaired) electrons. The van der Waals surface area contributed by atoms with Gasteiger partial charge in [-0.05, 0) is 42.3 Å². The van der Waals surface area contributed by atoms with Crippen LogP contribution in [0.2, 0.25) is 0 Å². The van der Waals surface area contributed by atoms with Crippen LogP contribution in [-0.4, -0.2) is 31.3 Å². The van der Waals surface area contributed by atoms with Gasteiger partial charge in [-0.2, -0.15) is 0 Å². The van der Waals surface area contributed by atoms with Gasteiger partial charge >= 0.3 is 0 Å². The Labute approximate surface area is 135 Å². The summed E-state index contributed by atoms with van der Waals surface area (Å²) in [4.78, 5) is 3.57. The first-order valence-electron chi connectivity index (χ1n) is 7.10. The molecule has 0 spiro atoms. The highest BCUT2D eigenvalue weighted by atomic mass is 32.2. The average Bonchev–Trinajstić information content (AvgIpc) is 2.51. The third kappa shape index (κ3) is 4.57. The molecule has 124 valence electrons. The fourth-order valence-electron chi connectivity index (χ4n) is 2.20. The summed E-state index contributed by atoms with van der Waals surface area (Å²) in [7, 11) is -3.58. The number of rotatable bonds is 6. The van der Waals surface area contributed by atoms with Crippen molar-refractivity contribution < 1.29 is 17.9 Å². The molecular weight excluding hydrogens is 319 g/mol. The first-order valence-corrected chi connectivity index (χ1v) is 8.99. The smallest absolute Gasteiger partial charge is 0.178 e. The molecule has 1 heterocycles. The number of hydrogen-bond donors (Lipinski definition) is 2. The Kier molecular flexibility index (Phi) is 5.46. The van der Waals surface area contributed by atoms with Gasteiger partial charge < -0.3 is 10.4 Å². The number of pyridine rings is 1. The average molecular weight is 338 g/mol. The van der Waals surface area contributed by atoms with Gasteiger partial charge in [-0.3, -0.25) is 4.98 Å². The van der Waals surface area contributed by atoms with Crippen molar-refractivity contribution in [1.29, 1.82) is 0 Å². The van der Waals surface area contributed by atoms with E-state index in [4.69, 9.17) is 0 Å². The Bertz CT molecular complexity index is 766. The molecule has 0 amide bonds. The maximum absolute atomic E-state index is 13.9. The van der Waals surface area contributed by atoms with Crippen molar-refractivity contribution in [3.8, 4) is 0 Å². The summed E-state index contributed by atoms with van der Waals surface area (Å²) < 4.78 is 36.7. The number of aliphatic hydroxyl groups excluding tert-OH is 1. The molecule has 0 saturated heterocycles. The Balaban J connectivity index is 2.04. The minimum atomic E-state index is -3.58. The molecule has 1 aromatic heterocycles. The maximum Gasteiger partial charge on any atom is 0.178 e. The van der Waals surface area contributed by atoms with Crippen LogP contribution in [0.5, 0.6) is 0 Å². The van der Waals surface area contributed by atoms with Crippen LogP contribution in [0.4, 0.5) is 4.39 Å². The third-order valence-corrected chi connectivity index (χ3v) is 4.69. The minimum absolute atomic E-state index is 0.241. The first kappa shape index (κ1) is 17.5. The van der Waals surface area contributed by atoms with E-state index in [-0.39, 0.29) is 17.5 Å². The topological polar surface area (TPSA) is 79.3 Å². The van der Waals surface area contributed by atoms with E-state index in [0.29, 0.717) is 5.56 Å². The molecule has 7 heteroatoms. The van der Waals surface area contributed by atoms with Gasteiger partial charge in [0.15, 0.2) is 9.84 Å². The number of benzene rings is 1. The molecule has 0 saturated carbocycles. The van der Waals surface area contributed by atoms with E-state index in [9.17, 15) is 17.9 Å². The van der Waals surface area contributed by atoms with Crippen LogP contribution in [0.1, 0.15) is 30.2 Å². The standard InChI is InChI=1S/C16H19FN2O3S/c1-11(19-10-15(20)12-5-7-18-8-6-12)13-3-4-16(14(17)9-13)23(2,21)22/h3-9,11,15,19-20H,10H2,1-2H3/t11-,15-/m0/s1. The fourth-order valence-corrected chi connectivity index (χ4v) is 2.93. The monoisotopic (exact) mass is 338 g/mol. The van der Waals surface area contributed by atoms with Crippen molar-refractivity contribution in [3.05, 3.63) is 59.7 Å². The molecule has 0 aliphatic rings. The molecule has 2 rings (SSSR count). The lowest BCUT2D eigenvalue weighted by Crippen LogP contribution is -2.25. The van der Waals surface area contributed by atoms with Crippen molar-refractivity contribution >= 4 is 9.84 Å². The van der Waals surface area contributed by atoms with Gasteiger partial charge in [-0.25, -0.2) is 12.8 Å². The fraction of sp³-hybridized carbons (Fsp3) is 0.312. The van der Waals surface area contributed by atoms with Crippen LogP contribution in [-0.2, 0) is 9.84 Å². The highest BCUT2D eigenvalue weighted by Gasteiger charge is 2.16. The minimum Gasteiger partial charge on any atom is -0.387 e. The number of sulfone groups is 1. The predicted octanol–water partition coefficient (Wildman–Crippen LogP) is 2.01. The highest BCUT2D eigenvalue weighted by Crippen LogP contribution is 2.21. The summed E-state index contributed by atoms with van der Waals surface area (Å²) in [5.74, 6) is -0.770. The Morgan fingerprint density at radius 2 is 1.87 bits per heavy atom. The summed E-state index contributed by atoms with van der Waals surface area (Å²) in [5.41, 5.74) is 1.34. The number of aromatic nitrogens is 1. The molecular formula is C16H19FN2O3S. The number of nitrogens with zero attached hydrogens (tertiary/aromatic N) is 1. The molecule has 23 heavy (non-hydrogen) atoms. The molecule has 0 unspecified atom stereocenters. The van der Waals surface area contributed by atoms with Crippen molar-refractivity contribution in [1.82, 2.24) is 10.3 Å². The van der Waals surface area contributed by atoms with E-state index in [1.54, 1.807) is 30.6 Å². The number of hydrogen-bond acceptors (Lipinski definition) is 5. The van der Waals surface area contributed by atoms with E-state index in [2.05, 4.69) is 10.3 Å². The van der Waals surface area contributed by atoms with Gasteiger partial charge in [0.1, 0.15) is 10.7 Å². The number of aliphatic hydroxyl groups is 1. The van der Waals surface area contributed by atoms with Gasteiger partial charge in [0.2, 0.25) is 0 Å². The predicted molar refractivity (Wildman–Crippen MR) is 85.1 cm³/mol. The normalized spacial score (nSPS) is 14.4. The van der Waals surface area contributed by atoms with E-state index < -0.39 is 21.8 Å². The van der Waals surface area contributed by atoms with E-state index >= 15 is 0 Å². The van der Waals surface area contributed by atoms with Crippen molar-refractivity contribution in [2.45, 2.75) is 24.0 Å². The molecule has 2 atom stereocenters. The number of halogens is 1. The van der Waals surface area contributed by atoms with Crippen LogP contribution >= 0.6 is 0 Å². The summed E-state index contributed by atoms with van der Waals surface area (Å²) in [6.45, 7) is 2.09. The van der Waals surface area contributed by atoms with Crippen molar-refractivity contribution in [3.63, 3.8) is 0 Å². The van der Waals surface area contributed by atoms with E-state index in [1.807, 2.05) is 6.92 Å². The lowest BCUT2D eigenvalue weighted by atomic mass is 10.1. The zero-order valence-corrected chi connectivity index (χ0v) is 13.7. The summed E-state index contributed by atoms with van der Waals surface area (Å²) in [5, 5.41) is 13.2. The lowest BCUT2D eigenvalue weighted by molar-refractivity contribution is 0.170. The van der Waals surface area contributed by atoms with Crippen LogP contribution in [0.25, 0.3) is 0 Å². The molecule has 1 aromatic carbocycles. The second-order valence-corrected chi connectivity index (χ2v) is 7.37. The second kappa shape index (κ2) is 7.16. The van der Waals surface area contributed by atoms with Gasteiger partial charge in [-0.1, -0.05) is 6.07 Å². The van der Waals surface area contributed by atoms with Gasteiger partial charge in [0.25, 0.3) is 0 Å².